The molecule has 42 heavy (non-hydrogen) atoms. The minimum absolute atomic E-state index is 0.509. The van der Waals surface area contributed by atoms with E-state index in [4.69, 9.17) is 9.83 Å². The summed E-state index contributed by atoms with van der Waals surface area (Å²) < 4.78 is 11.3. The van der Waals surface area contributed by atoms with Crippen LogP contribution in [0.1, 0.15) is 5.56 Å². The first-order valence-corrected chi connectivity index (χ1v) is 14.7. The second kappa shape index (κ2) is 8.80. The average Bonchev–Trinajstić information content (AvgIpc) is 3.69. The van der Waals surface area contributed by atoms with Crippen molar-refractivity contribution >= 4 is 75.8 Å². The molecular formula is C37H23N3OS. The van der Waals surface area contributed by atoms with Crippen LogP contribution in [-0.2, 0) is 0 Å². The molecule has 0 bridgehead atoms. The van der Waals surface area contributed by atoms with E-state index in [1.54, 1.807) is 0 Å². The van der Waals surface area contributed by atoms with E-state index in [2.05, 4.69) is 94.8 Å². The first-order valence-electron chi connectivity index (χ1n) is 13.9. The number of fused-ring (bicyclic) bond motifs is 8. The van der Waals surface area contributed by atoms with Crippen LogP contribution in [0.5, 0.6) is 0 Å². The summed E-state index contributed by atoms with van der Waals surface area (Å²) in [5.41, 5.74) is 9.89. The Morgan fingerprint density at radius 2 is 1.57 bits per heavy atom. The molecular weight excluding hydrogens is 534 g/mol. The molecule has 2 aliphatic rings. The molecule has 0 spiro atoms. The van der Waals surface area contributed by atoms with Crippen molar-refractivity contribution in [1.82, 2.24) is 9.88 Å². The normalized spacial score (nSPS) is 16.9. The quantitative estimate of drug-likeness (QED) is 0.222. The minimum Gasteiger partial charge on any atom is -0.456 e. The number of dihydropyridines is 1. The molecule has 2 N–H and O–H groups in total. The number of hydrogen-bond donors (Lipinski definition) is 2. The van der Waals surface area contributed by atoms with Gasteiger partial charge < -0.3 is 19.7 Å². The van der Waals surface area contributed by atoms with Crippen molar-refractivity contribution in [1.29, 1.82) is 5.41 Å². The number of para-hydroxylation sites is 1. The molecule has 0 radical (unpaired) electrons. The molecule has 4 aromatic carbocycles. The topological polar surface area (TPSA) is 54.0 Å². The van der Waals surface area contributed by atoms with Crippen LogP contribution in [0.15, 0.2) is 143 Å². The van der Waals surface area contributed by atoms with Gasteiger partial charge in [-0.1, -0.05) is 72.8 Å². The molecule has 0 saturated heterocycles. The molecule has 0 atom stereocenters. The van der Waals surface area contributed by atoms with Gasteiger partial charge in [0, 0.05) is 49.4 Å². The van der Waals surface area contributed by atoms with Crippen molar-refractivity contribution in [2.45, 2.75) is 0 Å². The summed E-state index contributed by atoms with van der Waals surface area (Å²) in [7, 11) is 0. The lowest BCUT2D eigenvalue weighted by Gasteiger charge is -2.17. The van der Waals surface area contributed by atoms with Gasteiger partial charge in [-0.05, 0) is 59.7 Å². The Hall–Kier alpha value is -5.39. The maximum atomic E-state index is 8.27. The molecule has 4 nitrogen and oxygen atoms in total. The molecule has 5 heteroatoms. The Morgan fingerprint density at radius 3 is 2.45 bits per heavy atom. The van der Waals surface area contributed by atoms with E-state index < -0.39 is 0 Å². The third-order valence-electron chi connectivity index (χ3n) is 8.24. The Labute approximate surface area is 245 Å². The van der Waals surface area contributed by atoms with E-state index in [-0.39, 0.29) is 0 Å². The molecule has 1 aliphatic heterocycles. The number of allylic oxidation sites excluding steroid dienone is 8. The first-order chi connectivity index (χ1) is 20.7. The van der Waals surface area contributed by atoms with E-state index in [9.17, 15) is 0 Å². The van der Waals surface area contributed by atoms with Gasteiger partial charge in [0.05, 0.1) is 21.4 Å². The largest absolute Gasteiger partial charge is 0.456 e. The maximum Gasteiger partial charge on any atom is 0.136 e. The Balaban J connectivity index is 1.25. The predicted octanol–water partition coefficient (Wildman–Crippen LogP) is 9.80. The fourth-order valence-electron chi connectivity index (χ4n) is 6.27. The molecule has 0 unspecified atom stereocenters. The lowest BCUT2D eigenvalue weighted by atomic mass is 9.99. The van der Waals surface area contributed by atoms with Crippen LogP contribution >= 0.6 is 11.3 Å². The molecule has 4 heterocycles. The van der Waals surface area contributed by atoms with Crippen molar-refractivity contribution in [3.05, 3.63) is 144 Å². The highest BCUT2D eigenvalue weighted by Gasteiger charge is 2.20. The molecule has 198 valence electrons. The summed E-state index contributed by atoms with van der Waals surface area (Å²) in [6, 6.07) is 30.2. The highest BCUT2D eigenvalue weighted by Crippen LogP contribution is 2.44. The molecule has 0 amide bonds. The van der Waals surface area contributed by atoms with Gasteiger partial charge in [-0.3, -0.25) is 0 Å². The predicted molar refractivity (Wildman–Crippen MR) is 177 cm³/mol. The molecule has 0 fully saturated rings. The van der Waals surface area contributed by atoms with Crippen LogP contribution in [0.4, 0.5) is 0 Å². The fraction of sp³-hybridized carbons (Fsp3) is 0. The van der Waals surface area contributed by atoms with Gasteiger partial charge in [-0.25, -0.2) is 0 Å². The lowest BCUT2D eigenvalue weighted by molar-refractivity contribution is 0.669. The van der Waals surface area contributed by atoms with E-state index in [1.807, 2.05) is 54.0 Å². The van der Waals surface area contributed by atoms with Gasteiger partial charge in [0.15, 0.2) is 0 Å². The number of hydrogen-bond acceptors (Lipinski definition) is 4. The summed E-state index contributed by atoms with van der Waals surface area (Å²) >= 11 is 1.84. The summed E-state index contributed by atoms with van der Waals surface area (Å²) in [6.07, 6.45) is 13.9. The highest BCUT2D eigenvalue weighted by molar-refractivity contribution is 7.26. The molecule has 1 aliphatic carbocycles. The van der Waals surface area contributed by atoms with E-state index in [0.29, 0.717) is 5.71 Å². The lowest BCUT2D eigenvalue weighted by Crippen LogP contribution is -2.14. The smallest absolute Gasteiger partial charge is 0.136 e. The van der Waals surface area contributed by atoms with Crippen LogP contribution in [0, 0.1) is 5.41 Å². The zero-order chi connectivity index (χ0) is 27.8. The first kappa shape index (κ1) is 23.3. The van der Waals surface area contributed by atoms with Crippen molar-refractivity contribution in [2.75, 3.05) is 0 Å². The van der Waals surface area contributed by atoms with Gasteiger partial charge in [0.2, 0.25) is 0 Å². The molecule has 7 aromatic rings. The number of thiophene rings is 1. The summed E-state index contributed by atoms with van der Waals surface area (Å²) in [4.78, 5) is 0. The maximum absolute atomic E-state index is 8.27. The average molecular weight is 558 g/mol. The van der Waals surface area contributed by atoms with Crippen LogP contribution in [0.2, 0.25) is 0 Å². The third-order valence-corrected chi connectivity index (χ3v) is 9.43. The Bertz CT molecular complexity index is 2460. The van der Waals surface area contributed by atoms with E-state index >= 15 is 0 Å². The molecule has 3 aromatic heterocycles. The fourth-order valence-corrected chi connectivity index (χ4v) is 7.48. The minimum atomic E-state index is 0.509. The second-order valence-electron chi connectivity index (χ2n) is 10.7. The number of furan rings is 1. The van der Waals surface area contributed by atoms with Crippen molar-refractivity contribution < 1.29 is 4.42 Å². The Morgan fingerprint density at radius 1 is 0.714 bits per heavy atom. The summed E-state index contributed by atoms with van der Waals surface area (Å²) in [6.45, 7) is 0. The van der Waals surface area contributed by atoms with E-state index in [1.165, 1.54) is 31.2 Å². The van der Waals surface area contributed by atoms with Gasteiger partial charge >= 0.3 is 0 Å². The van der Waals surface area contributed by atoms with Crippen molar-refractivity contribution in [2.24, 2.45) is 0 Å². The number of benzene rings is 4. The van der Waals surface area contributed by atoms with Gasteiger partial charge in [-0.2, -0.15) is 0 Å². The van der Waals surface area contributed by atoms with Crippen molar-refractivity contribution in [3.63, 3.8) is 0 Å². The standard InChI is InChI=1S/C37H23N3OS/c38-30-13-4-1-11-26(30)31-17-16-23(21-39-31)22-8-7-9-24(18-22)40-32-19-28-25-10-2-5-14-33(25)41-34(28)20-29(32)37-36(40)27-12-3-6-15-35(27)42-37/h1-21,38-39H/b31-26-,38-30?. The summed E-state index contributed by atoms with van der Waals surface area (Å²) in [5.74, 6) is 0. The summed E-state index contributed by atoms with van der Waals surface area (Å²) in [5, 5.41) is 16.4. The Kier molecular flexibility index (Phi) is 4.89. The van der Waals surface area contributed by atoms with Crippen LogP contribution < -0.4 is 5.32 Å². The van der Waals surface area contributed by atoms with Crippen LogP contribution in [-0.4, -0.2) is 10.3 Å². The molecule has 9 rings (SSSR count). The van der Waals surface area contributed by atoms with Crippen molar-refractivity contribution in [3.8, 4) is 5.69 Å². The zero-order valence-corrected chi connectivity index (χ0v) is 23.2. The number of rotatable bonds is 2. The van der Waals surface area contributed by atoms with E-state index in [0.717, 1.165) is 50.0 Å². The highest BCUT2D eigenvalue weighted by atomic mass is 32.1. The zero-order valence-electron chi connectivity index (χ0n) is 22.4. The monoisotopic (exact) mass is 557 g/mol. The van der Waals surface area contributed by atoms with Gasteiger partial charge in [0.1, 0.15) is 11.2 Å². The van der Waals surface area contributed by atoms with Crippen LogP contribution in [0.3, 0.4) is 0 Å². The molecule has 0 saturated carbocycles. The number of aromatic nitrogens is 1. The second-order valence-corrected chi connectivity index (χ2v) is 11.7. The van der Waals surface area contributed by atoms with Gasteiger partial charge in [0.25, 0.3) is 0 Å². The van der Waals surface area contributed by atoms with Gasteiger partial charge in [-0.15, -0.1) is 11.3 Å². The number of nitrogens with zero attached hydrogens (tertiary/aromatic N) is 1. The van der Waals surface area contributed by atoms with Crippen LogP contribution in [0.25, 0.3) is 64.4 Å². The number of nitrogens with one attached hydrogen (secondary N) is 2. The SMILES string of the molecule is N=C1C=CC=C/C1=C1\C=CC(c2cccc(-n3c4cc5c(cc4c4sc6ccccc6c43)oc3ccccc35)c2)=CN1. The third kappa shape index (κ3) is 3.38.